The zero-order chi connectivity index (χ0) is 21.4. The number of pyridine rings is 1. The van der Waals surface area contributed by atoms with Crippen LogP contribution < -0.4 is 5.32 Å². The van der Waals surface area contributed by atoms with Gasteiger partial charge in [-0.3, -0.25) is 4.98 Å². The predicted octanol–water partition coefficient (Wildman–Crippen LogP) is 5.45. The number of hydrogen-bond donors (Lipinski definition) is 1. The Kier molecular flexibility index (Phi) is 5.69. The summed E-state index contributed by atoms with van der Waals surface area (Å²) in [6.45, 7) is 3.60. The van der Waals surface area contributed by atoms with Crippen LogP contribution in [0.3, 0.4) is 0 Å². The summed E-state index contributed by atoms with van der Waals surface area (Å²) >= 11 is 12.0. The first kappa shape index (κ1) is 20.5. The summed E-state index contributed by atoms with van der Waals surface area (Å²) in [7, 11) is 0. The Bertz CT molecular complexity index is 1080. The van der Waals surface area contributed by atoms with Crippen LogP contribution in [0.2, 0.25) is 5.02 Å². The molecular weight excluding hydrogens is 430 g/mol. The van der Waals surface area contributed by atoms with Gasteiger partial charge in [0.15, 0.2) is 5.11 Å². The molecule has 2 aromatic heterocycles. The van der Waals surface area contributed by atoms with Gasteiger partial charge in [-0.25, -0.2) is 0 Å². The summed E-state index contributed by atoms with van der Waals surface area (Å²) in [5.41, 5.74) is 3.04. The highest BCUT2D eigenvalue weighted by molar-refractivity contribution is 7.80. The number of hydrogen-bond acceptors (Lipinski definition) is 4. The van der Waals surface area contributed by atoms with E-state index in [9.17, 15) is 0 Å². The van der Waals surface area contributed by atoms with Crippen LogP contribution in [-0.2, 0) is 4.74 Å². The zero-order valence-corrected chi connectivity index (χ0v) is 18.8. The monoisotopic (exact) mass is 453 g/mol. The first-order valence-corrected chi connectivity index (χ1v) is 11.3. The fraction of sp³-hybridized carbons (Fsp3) is 0.333. The molecule has 0 spiro atoms. The fourth-order valence-corrected chi connectivity index (χ4v) is 4.92. The highest BCUT2D eigenvalue weighted by Gasteiger charge is 2.42. The van der Waals surface area contributed by atoms with Crippen LogP contribution in [0, 0.1) is 6.92 Å². The Morgan fingerprint density at radius 1 is 1.23 bits per heavy atom. The molecule has 5 rings (SSSR count). The molecule has 5 nitrogen and oxygen atoms in total. The van der Waals surface area contributed by atoms with E-state index in [-0.39, 0.29) is 18.2 Å². The third-order valence-electron chi connectivity index (χ3n) is 6.01. The van der Waals surface area contributed by atoms with Crippen molar-refractivity contribution in [3.8, 4) is 11.3 Å². The maximum absolute atomic E-state index is 6.42. The maximum atomic E-state index is 6.42. The van der Waals surface area contributed by atoms with Gasteiger partial charge in [-0.05, 0) is 73.9 Å². The van der Waals surface area contributed by atoms with Gasteiger partial charge in [0.2, 0.25) is 0 Å². The van der Waals surface area contributed by atoms with Gasteiger partial charge in [-0.2, -0.15) is 0 Å². The Hall–Kier alpha value is -2.41. The van der Waals surface area contributed by atoms with Crippen molar-refractivity contribution in [2.75, 3.05) is 13.2 Å². The summed E-state index contributed by atoms with van der Waals surface area (Å²) in [5.74, 6) is 1.64. The van der Waals surface area contributed by atoms with Crippen LogP contribution in [-0.4, -0.2) is 34.3 Å². The average molecular weight is 454 g/mol. The molecule has 0 radical (unpaired) electrons. The van der Waals surface area contributed by atoms with Crippen molar-refractivity contribution in [2.24, 2.45) is 0 Å². The molecule has 1 N–H and O–H groups in total. The number of aryl methyl sites for hydroxylation is 1. The SMILES string of the molecule is Cc1ccc(Cl)cc1-c1ccc([C@@H]2[C@H](c3ccccn3)NC(=S)N2C[C@H]2CCCO2)o1. The number of aromatic nitrogens is 1. The van der Waals surface area contributed by atoms with Crippen LogP contribution in [0.5, 0.6) is 0 Å². The summed E-state index contributed by atoms with van der Waals surface area (Å²) in [6, 6.07) is 15.6. The molecule has 1 aromatic carbocycles. The van der Waals surface area contributed by atoms with E-state index in [0.717, 1.165) is 54.3 Å². The maximum Gasteiger partial charge on any atom is 0.170 e. The lowest BCUT2D eigenvalue weighted by molar-refractivity contribution is 0.0818. The van der Waals surface area contributed by atoms with Crippen molar-refractivity contribution in [3.63, 3.8) is 0 Å². The second-order valence-corrected chi connectivity index (χ2v) is 8.90. The van der Waals surface area contributed by atoms with Crippen molar-refractivity contribution < 1.29 is 9.15 Å². The van der Waals surface area contributed by atoms with Crippen molar-refractivity contribution in [1.82, 2.24) is 15.2 Å². The van der Waals surface area contributed by atoms with Crippen LogP contribution in [0.1, 0.15) is 41.9 Å². The molecule has 0 unspecified atom stereocenters. The molecule has 3 aromatic rings. The topological polar surface area (TPSA) is 50.5 Å². The second-order valence-electron chi connectivity index (χ2n) is 8.08. The molecule has 3 atom stereocenters. The smallest absolute Gasteiger partial charge is 0.170 e. The predicted molar refractivity (Wildman–Crippen MR) is 125 cm³/mol. The number of halogens is 1. The lowest BCUT2D eigenvalue weighted by Crippen LogP contribution is -2.36. The van der Waals surface area contributed by atoms with Crippen LogP contribution >= 0.6 is 23.8 Å². The molecular formula is C24H24ClN3O2S. The number of ether oxygens (including phenoxy) is 1. The van der Waals surface area contributed by atoms with E-state index < -0.39 is 0 Å². The minimum Gasteiger partial charge on any atom is -0.459 e. The lowest BCUT2D eigenvalue weighted by atomic mass is 10.0. The molecule has 0 amide bonds. The fourth-order valence-electron chi connectivity index (χ4n) is 4.44. The van der Waals surface area contributed by atoms with Gasteiger partial charge in [0.25, 0.3) is 0 Å². The molecule has 2 aliphatic heterocycles. The number of rotatable bonds is 5. The summed E-state index contributed by atoms with van der Waals surface area (Å²) < 4.78 is 12.3. The minimum absolute atomic E-state index is 0.102. The van der Waals surface area contributed by atoms with Crippen LogP contribution in [0.4, 0.5) is 0 Å². The van der Waals surface area contributed by atoms with E-state index in [2.05, 4.69) is 22.1 Å². The molecule has 2 saturated heterocycles. The summed E-state index contributed by atoms with van der Waals surface area (Å²) in [6.07, 6.45) is 4.12. The number of furan rings is 1. The van der Waals surface area contributed by atoms with E-state index in [1.807, 2.05) is 54.7 Å². The van der Waals surface area contributed by atoms with Gasteiger partial charge < -0.3 is 19.4 Å². The minimum atomic E-state index is -0.111. The highest BCUT2D eigenvalue weighted by atomic mass is 35.5. The molecule has 0 saturated carbocycles. The van der Waals surface area contributed by atoms with Gasteiger partial charge in [-0.1, -0.05) is 23.7 Å². The number of nitrogens with one attached hydrogen (secondary N) is 1. The molecule has 31 heavy (non-hydrogen) atoms. The van der Waals surface area contributed by atoms with E-state index in [0.29, 0.717) is 10.1 Å². The molecule has 7 heteroatoms. The van der Waals surface area contributed by atoms with E-state index in [1.165, 1.54) is 0 Å². The Balaban J connectivity index is 1.52. The molecule has 0 aliphatic carbocycles. The standard InChI is InChI=1S/C24H24ClN3O2S/c1-15-7-8-16(25)13-18(15)20-9-10-21(30-20)23-22(19-6-2-3-11-26-19)27-24(31)28(23)14-17-5-4-12-29-17/h2-3,6-11,13,17,22-23H,4-5,12,14H2,1H3,(H,27,31)/t17-,22+,23-/m1/s1. The summed E-state index contributed by atoms with van der Waals surface area (Å²) in [4.78, 5) is 6.78. The molecule has 2 aliphatic rings. The van der Waals surface area contributed by atoms with E-state index >= 15 is 0 Å². The van der Waals surface area contributed by atoms with E-state index in [1.54, 1.807) is 0 Å². The van der Waals surface area contributed by atoms with Crippen molar-refractivity contribution in [3.05, 3.63) is 76.8 Å². The quantitative estimate of drug-likeness (QED) is 0.518. The molecule has 160 valence electrons. The third kappa shape index (κ3) is 4.07. The first-order chi connectivity index (χ1) is 15.1. The Labute approximate surface area is 192 Å². The number of thiocarbonyl (C=S) groups is 1. The van der Waals surface area contributed by atoms with Gasteiger partial charge in [0.05, 0.1) is 17.8 Å². The van der Waals surface area contributed by atoms with Crippen LogP contribution in [0.15, 0.2) is 59.1 Å². The van der Waals surface area contributed by atoms with Crippen molar-refractivity contribution in [1.29, 1.82) is 0 Å². The average Bonchev–Trinajstić information content (AvgIpc) is 3.52. The molecule has 2 fully saturated rings. The Morgan fingerprint density at radius 2 is 2.13 bits per heavy atom. The normalized spacial score (nSPS) is 23.4. The molecule has 4 heterocycles. The van der Waals surface area contributed by atoms with Crippen LogP contribution in [0.25, 0.3) is 11.3 Å². The van der Waals surface area contributed by atoms with Gasteiger partial charge in [-0.15, -0.1) is 0 Å². The van der Waals surface area contributed by atoms with Gasteiger partial charge in [0, 0.05) is 29.9 Å². The van der Waals surface area contributed by atoms with Crippen molar-refractivity contribution in [2.45, 2.75) is 38.0 Å². The van der Waals surface area contributed by atoms with Gasteiger partial charge >= 0.3 is 0 Å². The third-order valence-corrected chi connectivity index (χ3v) is 6.59. The number of benzene rings is 1. The Morgan fingerprint density at radius 3 is 2.90 bits per heavy atom. The second kappa shape index (κ2) is 8.61. The zero-order valence-electron chi connectivity index (χ0n) is 17.3. The summed E-state index contributed by atoms with van der Waals surface area (Å²) in [5, 5.41) is 4.86. The van der Waals surface area contributed by atoms with Gasteiger partial charge in [0.1, 0.15) is 17.6 Å². The lowest BCUT2D eigenvalue weighted by Gasteiger charge is -2.28. The number of nitrogens with zero attached hydrogens (tertiary/aromatic N) is 2. The molecule has 0 bridgehead atoms. The largest absolute Gasteiger partial charge is 0.459 e. The first-order valence-electron chi connectivity index (χ1n) is 10.6. The highest BCUT2D eigenvalue weighted by Crippen LogP contribution is 2.41. The van der Waals surface area contributed by atoms with Crippen molar-refractivity contribution >= 4 is 28.9 Å². The van der Waals surface area contributed by atoms with E-state index in [4.69, 9.17) is 33.0 Å².